The van der Waals surface area contributed by atoms with Gasteiger partial charge < -0.3 is 15.0 Å². The first kappa shape index (κ1) is 26.7. The van der Waals surface area contributed by atoms with Gasteiger partial charge in [-0.2, -0.15) is 0 Å². The number of aryl methyl sites for hydroxylation is 2. The molecule has 37 heavy (non-hydrogen) atoms. The van der Waals surface area contributed by atoms with E-state index < -0.39 is 6.04 Å². The smallest absolute Gasteiger partial charge is 0.261 e. The van der Waals surface area contributed by atoms with Gasteiger partial charge in [0.25, 0.3) is 5.91 Å². The van der Waals surface area contributed by atoms with Gasteiger partial charge in [0.15, 0.2) is 6.61 Å². The average Bonchev–Trinajstić information content (AvgIpc) is 3.41. The van der Waals surface area contributed by atoms with Crippen LogP contribution in [0.1, 0.15) is 47.9 Å². The van der Waals surface area contributed by atoms with E-state index in [9.17, 15) is 9.59 Å². The maximum absolute atomic E-state index is 13.7. The van der Waals surface area contributed by atoms with E-state index in [4.69, 9.17) is 16.3 Å². The van der Waals surface area contributed by atoms with Gasteiger partial charge in [0.05, 0.1) is 0 Å². The normalized spacial score (nSPS) is 14.2. The molecular weight excluding hydrogens is 484 g/mol. The second-order valence-electron chi connectivity index (χ2n) is 9.90. The lowest BCUT2D eigenvalue weighted by Gasteiger charge is -2.32. The highest BCUT2D eigenvalue weighted by Gasteiger charge is 2.32. The Labute approximate surface area is 224 Å². The Morgan fingerprint density at radius 2 is 1.68 bits per heavy atom. The molecule has 0 saturated heterocycles. The van der Waals surface area contributed by atoms with E-state index in [2.05, 4.69) is 5.32 Å². The molecule has 1 saturated carbocycles. The van der Waals surface area contributed by atoms with Crippen LogP contribution in [0.2, 0.25) is 5.02 Å². The van der Waals surface area contributed by atoms with Gasteiger partial charge in [-0.3, -0.25) is 9.59 Å². The molecule has 3 aromatic carbocycles. The van der Waals surface area contributed by atoms with Crippen molar-refractivity contribution >= 4 is 23.4 Å². The summed E-state index contributed by atoms with van der Waals surface area (Å²) < 4.78 is 5.87. The fourth-order valence-corrected chi connectivity index (χ4v) is 4.86. The summed E-state index contributed by atoms with van der Waals surface area (Å²) in [5, 5.41) is 3.87. The van der Waals surface area contributed by atoms with Gasteiger partial charge in [0.1, 0.15) is 11.8 Å². The zero-order valence-electron chi connectivity index (χ0n) is 21.6. The Morgan fingerprint density at radius 1 is 0.973 bits per heavy atom. The molecule has 1 aliphatic rings. The third-order valence-electron chi connectivity index (χ3n) is 6.94. The monoisotopic (exact) mass is 518 g/mol. The summed E-state index contributed by atoms with van der Waals surface area (Å²) in [6.45, 7) is 4.07. The number of hydrogen-bond donors (Lipinski definition) is 1. The number of hydrogen-bond acceptors (Lipinski definition) is 3. The Balaban J connectivity index is 1.60. The third-order valence-corrected chi connectivity index (χ3v) is 7.36. The molecule has 1 N–H and O–H groups in total. The molecule has 0 aromatic heterocycles. The van der Waals surface area contributed by atoms with E-state index in [-0.39, 0.29) is 24.5 Å². The number of carbonyl (C=O) groups is 2. The Hall–Kier alpha value is -3.31. The molecule has 3 aromatic rings. The maximum atomic E-state index is 13.7. The van der Waals surface area contributed by atoms with E-state index in [0.29, 0.717) is 23.7 Å². The lowest BCUT2D eigenvalue weighted by Crippen LogP contribution is -2.53. The van der Waals surface area contributed by atoms with E-state index in [1.54, 1.807) is 17.0 Å². The van der Waals surface area contributed by atoms with Crippen LogP contribution in [0.25, 0.3) is 0 Å². The largest absolute Gasteiger partial charge is 0.484 e. The fraction of sp³-hybridized carbons (Fsp3) is 0.355. The minimum Gasteiger partial charge on any atom is -0.484 e. The predicted molar refractivity (Wildman–Crippen MR) is 148 cm³/mol. The summed E-state index contributed by atoms with van der Waals surface area (Å²) >= 11 is 6.14. The molecule has 2 amide bonds. The van der Waals surface area contributed by atoms with Crippen LogP contribution in [0.4, 0.5) is 0 Å². The SMILES string of the molecule is Cc1ccc(CN(C(=O)COc2ccc(Cl)c(C)c2)[C@@H](Cc2ccccc2)C(=O)NC2CCCC2)cc1. The lowest BCUT2D eigenvalue weighted by atomic mass is 10.0. The minimum atomic E-state index is -0.660. The topological polar surface area (TPSA) is 58.6 Å². The fourth-order valence-electron chi connectivity index (χ4n) is 4.75. The van der Waals surface area contributed by atoms with Crippen LogP contribution >= 0.6 is 11.6 Å². The van der Waals surface area contributed by atoms with Crippen LogP contribution < -0.4 is 10.1 Å². The van der Waals surface area contributed by atoms with Crippen molar-refractivity contribution in [2.24, 2.45) is 0 Å². The van der Waals surface area contributed by atoms with E-state index >= 15 is 0 Å². The number of ether oxygens (including phenoxy) is 1. The number of halogens is 1. The number of carbonyl (C=O) groups excluding carboxylic acids is 2. The van der Waals surface area contributed by atoms with E-state index in [1.165, 1.54) is 0 Å². The predicted octanol–water partition coefficient (Wildman–Crippen LogP) is 6.03. The minimum absolute atomic E-state index is 0.112. The van der Waals surface area contributed by atoms with Crippen molar-refractivity contribution in [1.82, 2.24) is 10.2 Å². The highest BCUT2D eigenvalue weighted by atomic mass is 35.5. The Bertz CT molecular complexity index is 1190. The van der Waals surface area contributed by atoms with Crippen molar-refractivity contribution in [2.45, 2.75) is 64.6 Å². The summed E-state index contributed by atoms with van der Waals surface area (Å²) in [6.07, 6.45) is 4.63. The third kappa shape index (κ3) is 7.59. The standard InChI is InChI=1S/C31H35ClN2O3/c1-22-12-14-25(15-13-22)20-34(30(35)21-37-27-16-17-28(32)23(2)18-27)29(19-24-8-4-3-5-9-24)31(36)33-26-10-6-7-11-26/h3-5,8-9,12-18,26,29H,6-7,10-11,19-21H2,1-2H3,(H,33,36)/t29-/m0/s1. The molecule has 0 spiro atoms. The number of benzene rings is 3. The zero-order valence-corrected chi connectivity index (χ0v) is 22.3. The molecule has 0 unspecified atom stereocenters. The Morgan fingerprint density at radius 3 is 2.35 bits per heavy atom. The Kier molecular flexibility index (Phi) is 9.24. The van der Waals surface area contributed by atoms with Crippen LogP contribution in [0.15, 0.2) is 72.8 Å². The van der Waals surface area contributed by atoms with Crippen LogP contribution in [0.5, 0.6) is 5.75 Å². The first-order valence-electron chi connectivity index (χ1n) is 13.0. The second-order valence-corrected chi connectivity index (χ2v) is 10.3. The van der Waals surface area contributed by atoms with Gasteiger partial charge in [0, 0.05) is 24.0 Å². The summed E-state index contributed by atoms with van der Waals surface area (Å²) in [6, 6.07) is 22.8. The van der Waals surface area contributed by atoms with Gasteiger partial charge in [-0.05, 0) is 61.6 Å². The summed E-state index contributed by atoms with van der Waals surface area (Å²) in [4.78, 5) is 29.1. The van der Waals surface area contributed by atoms with Crippen molar-refractivity contribution < 1.29 is 14.3 Å². The van der Waals surface area contributed by atoms with E-state index in [0.717, 1.165) is 47.9 Å². The first-order chi connectivity index (χ1) is 17.9. The number of nitrogens with one attached hydrogen (secondary N) is 1. The summed E-state index contributed by atoms with van der Waals surface area (Å²) in [5.41, 5.74) is 3.99. The highest BCUT2D eigenvalue weighted by molar-refractivity contribution is 6.31. The molecule has 6 heteroatoms. The number of amides is 2. The molecule has 194 valence electrons. The average molecular weight is 519 g/mol. The molecule has 1 aliphatic carbocycles. The van der Waals surface area contributed by atoms with Crippen LogP contribution in [-0.4, -0.2) is 35.4 Å². The van der Waals surface area contributed by atoms with Crippen molar-refractivity contribution in [2.75, 3.05) is 6.61 Å². The molecule has 4 rings (SSSR count). The number of nitrogens with zero attached hydrogens (tertiary/aromatic N) is 1. The maximum Gasteiger partial charge on any atom is 0.261 e. The molecule has 1 fully saturated rings. The molecule has 5 nitrogen and oxygen atoms in total. The van der Waals surface area contributed by atoms with E-state index in [1.807, 2.05) is 74.5 Å². The number of rotatable bonds is 10. The van der Waals surface area contributed by atoms with Crippen molar-refractivity contribution in [3.05, 3.63) is 100 Å². The molecular formula is C31H35ClN2O3. The van der Waals surface area contributed by atoms with Crippen molar-refractivity contribution in [1.29, 1.82) is 0 Å². The van der Waals surface area contributed by atoms with Crippen LogP contribution in [0, 0.1) is 13.8 Å². The van der Waals surface area contributed by atoms with Crippen LogP contribution in [-0.2, 0) is 22.6 Å². The molecule has 0 heterocycles. The summed E-state index contributed by atoms with van der Waals surface area (Å²) in [5.74, 6) is 0.217. The van der Waals surface area contributed by atoms with Gasteiger partial charge >= 0.3 is 0 Å². The molecule has 1 atom stereocenters. The second kappa shape index (κ2) is 12.8. The highest BCUT2D eigenvalue weighted by Crippen LogP contribution is 2.23. The zero-order chi connectivity index (χ0) is 26.2. The van der Waals surface area contributed by atoms with Crippen molar-refractivity contribution in [3.8, 4) is 5.75 Å². The summed E-state index contributed by atoms with van der Waals surface area (Å²) in [7, 11) is 0. The molecule has 0 bridgehead atoms. The lowest BCUT2D eigenvalue weighted by molar-refractivity contribution is -0.143. The van der Waals surface area contributed by atoms with Crippen LogP contribution in [0.3, 0.4) is 0 Å². The van der Waals surface area contributed by atoms with Gasteiger partial charge in [0.2, 0.25) is 5.91 Å². The van der Waals surface area contributed by atoms with Gasteiger partial charge in [-0.25, -0.2) is 0 Å². The van der Waals surface area contributed by atoms with Gasteiger partial charge in [-0.15, -0.1) is 0 Å². The first-order valence-corrected chi connectivity index (χ1v) is 13.3. The van der Waals surface area contributed by atoms with Gasteiger partial charge in [-0.1, -0.05) is 84.6 Å². The van der Waals surface area contributed by atoms with Crippen molar-refractivity contribution in [3.63, 3.8) is 0 Å². The quantitative estimate of drug-likeness (QED) is 0.356. The molecule has 0 aliphatic heterocycles. The molecule has 0 radical (unpaired) electrons.